The molecule has 0 spiro atoms. The Bertz CT molecular complexity index is 605. The lowest BCUT2D eigenvalue weighted by Gasteiger charge is -2.28. The van der Waals surface area contributed by atoms with Gasteiger partial charge in [0.25, 0.3) is 0 Å². The summed E-state index contributed by atoms with van der Waals surface area (Å²) in [5.41, 5.74) is 1.11. The topological polar surface area (TPSA) is 16.1 Å². The third-order valence-electron chi connectivity index (χ3n) is 4.62. The molecule has 0 radical (unpaired) electrons. The van der Waals surface area contributed by atoms with E-state index in [1.165, 1.54) is 42.9 Å². The van der Waals surface area contributed by atoms with E-state index in [9.17, 15) is 0 Å². The molecule has 1 aromatic carbocycles. The number of pyridine rings is 1. The van der Waals surface area contributed by atoms with Crippen molar-refractivity contribution < 1.29 is 0 Å². The molecule has 21 heavy (non-hydrogen) atoms. The zero-order valence-corrected chi connectivity index (χ0v) is 13.4. The molecule has 112 valence electrons. The van der Waals surface area contributed by atoms with Crippen molar-refractivity contribution in [3.05, 3.63) is 36.0 Å². The third-order valence-corrected chi connectivity index (χ3v) is 4.91. The Morgan fingerprint density at radius 3 is 2.57 bits per heavy atom. The fourth-order valence-electron chi connectivity index (χ4n) is 3.49. The Morgan fingerprint density at radius 1 is 1.14 bits per heavy atom. The number of anilines is 1. The van der Waals surface area contributed by atoms with Gasteiger partial charge in [0.1, 0.15) is 5.82 Å². The molecule has 0 atom stereocenters. The normalized spacial score (nSPS) is 16.3. The number of aromatic nitrogens is 1. The van der Waals surface area contributed by atoms with E-state index in [1.54, 1.807) is 0 Å². The molecule has 0 bridgehead atoms. The van der Waals surface area contributed by atoms with Crippen molar-refractivity contribution in [2.45, 2.75) is 38.0 Å². The summed E-state index contributed by atoms with van der Waals surface area (Å²) in [6.45, 7) is 1.11. The maximum atomic E-state index is 6.04. The summed E-state index contributed by atoms with van der Waals surface area (Å²) < 4.78 is 0. The van der Waals surface area contributed by atoms with Crippen LogP contribution in [0.2, 0.25) is 0 Å². The number of benzene rings is 1. The van der Waals surface area contributed by atoms with Crippen LogP contribution >= 0.6 is 11.6 Å². The summed E-state index contributed by atoms with van der Waals surface area (Å²) in [7, 11) is 2.17. The molecule has 3 heteroatoms. The highest BCUT2D eigenvalue weighted by molar-refractivity contribution is 6.18. The summed E-state index contributed by atoms with van der Waals surface area (Å²) in [6.07, 6.45) is 8.84. The summed E-state index contributed by atoms with van der Waals surface area (Å²) in [5, 5.41) is 2.45. The van der Waals surface area contributed by atoms with Crippen LogP contribution in [0.4, 0.5) is 5.82 Å². The second-order valence-electron chi connectivity index (χ2n) is 6.17. The summed E-state index contributed by atoms with van der Waals surface area (Å²) in [6, 6.07) is 8.46. The summed E-state index contributed by atoms with van der Waals surface area (Å²) in [5.74, 6) is 2.42. The van der Waals surface area contributed by atoms with Crippen molar-refractivity contribution in [1.82, 2.24) is 4.98 Å². The van der Waals surface area contributed by atoms with E-state index in [4.69, 9.17) is 11.6 Å². The number of alkyl halides is 1. The van der Waals surface area contributed by atoms with Crippen molar-refractivity contribution in [2.24, 2.45) is 5.92 Å². The smallest absolute Gasteiger partial charge is 0.136 e. The van der Waals surface area contributed by atoms with Gasteiger partial charge in [-0.25, -0.2) is 4.98 Å². The van der Waals surface area contributed by atoms with E-state index in [0.29, 0.717) is 5.88 Å². The lowest BCUT2D eigenvalue weighted by Crippen LogP contribution is -2.27. The molecule has 1 aromatic heterocycles. The van der Waals surface area contributed by atoms with Gasteiger partial charge >= 0.3 is 0 Å². The lowest BCUT2D eigenvalue weighted by molar-refractivity contribution is 0.362. The molecule has 1 aliphatic rings. The molecular weight excluding hydrogens is 280 g/mol. The summed E-state index contributed by atoms with van der Waals surface area (Å²) >= 11 is 6.04. The predicted octanol–water partition coefficient (Wildman–Crippen LogP) is 4.99. The van der Waals surface area contributed by atoms with Gasteiger partial charge < -0.3 is 4.90 Å². The highest BCUT2D eigenvalue weighted by Gasteiger charge is 2.17. The fraction of sp³-hybridized carbons (Fsp3) is 0.500. The molecule has 1 heterocycles. The Morgan fingerprint density at radius 2 is 1.86 bits per heavy atom. The maximum Gasteiger partial charge on any atom is 0.136 e. The van der Waals surface area contributed by atoms with Crippen molar-refractivity contribution >= 4 is 28.2 Å². The van der Waals surface area contributed by atoms with Gasteiger partial charge in [-0.2, -0.15) is 0 Å². The van der Waals surface area contributed by atoms with E-state index in [-0.39, 0.29) is 0 Å². The van der Waals surface area contributed by atoms with Crippen LogP contribution < -0.4 is 4.90 Å². The Balaban J connectivity index is 1.89. The van der Waals surface area contributed by atoms with Gasteiger partial charge in [-0.1, -0.05) is 43.5 Å². The molecule has 0 saturated heterocycles. The fourth-order valence-corrected chi connectivity index (χ4v) is 3.70. The lowest BCUT2D eigenvalue weighted by atomic mass is 9.89. The van der Waals surface area contributed by atoms with Crippen LogP contribution in [0, 0.1) is 5.92 Å². The third kappa shape index (κ3) is 3.16. The van der Waals surface area contributed by atoms with Gasteiger partial charge in [0, 0.05) is 31.1 Å². The molecule has 1 saturated carbocycles. The SMILES string of the molecule is CN(CC1CCCCC1)c1ncc(CCl)c2ccccc12. The van der Waals surface area contributed by atoms with E-state index in [2.05, 4.69) is 41.2 Å². The standard InChI is InChI=1S/C18H23ClN2/c1-21(13-14-7-3-2-4-8-14)18-17-10-6-5-9-16(17)15(11-19)12-20-18/h5-6,9-10,12,14H,2-4,7-8,11,13H2,1H3. The van der Waals surface area contributed by atoms with Gasteiger partial charge in [-0.05, 0) is 29.7 Å². The van der Waals surface area contributed by atoms with E-state index in [1.807, 2.05) is 6.20 Å². The zero-order valence-electron chi connectivity index (χ0n) is 12.7. The van der Waals surface area contributed by atoms with Crippen LogP contribution in [0.15, 0.2) is 30.5 Å². The van der Waals surface area contributed by atoms with Crippen LogP contribution in [0.25, 0.3) is 10.8 Å². The molecule has 3 rings (SSSR count). The first-order valence-corrected chi connectivity index (χ1v) is 8.46. The predicted molar refractivity (Wildman–Crippen MR) is 91.1 cm³/mol. The minimum absolute atomic E-state index is 0.514. The highest BCUT2D eigenvalue weighted by atomic mass is 35.5. The number of halogens is 1. The minimum atomic E-state index is 0.514. The van der Waals surface area contributed by atoms with Crippen molar-refractivity contribution in [3.8, 4) is 0 Å². The quantitative estimate of drug-likeness (QED) is 0.740. The molecular formula is C18H23ClN2. The number of nitrogens with zero attached hydrogens (tertiary/aromatic N) is 2. The van der Waals surface area contributed by atoms with Gasteiger partial charge in [0.15, 0.2) is 0 Å². The first-order valence-electron chi connectivity index (χ1n) is 7.93. The summed E-state index contributed by atoms with van der Waals surface area (Å²) in [4.78, 5) is 7.01. The molecule has 1 aliphatic carbocycles. The van der Waals surface area contributed by atoms with E-state index in [0.717, 1.165) is 23.8 Å². The Hall–Kier alpha value is -1.28. The first kappa shape index (κ1) is 14.6. The molecule has 0 unspecified atom stereocenters. The molecule has 2 nitrogen and oxygen atoms in total. The number of fused-ring (bicyclic) bond motifs is 1. The van der Waals surface area contributed by atoms with Gasteiger partial charge in [-0.15, -0.1) is 11.6 Å². The zero-order chi connectivity index (χ0) is 14.7. The molecule has 0 amide bonds. The van der Waals surface area contributed by atoms with Crippen molar-refractivity contribution in [3.63, 3.8) is 0 Å². The highest BCUT2D eigenvalue weighted by Crippen LogP contribution is 2.30. The maximum absolute atomic E-state index is 6.04. The molecule has 0 N–H and O–H groups in total. The van der Waals surface area contributed by atoms with Gasteiger partial charge in [-0.3, -0.25) is 0 Å². The second kappa shape index (κ2) is 6.65. The van der Waals surface area contributed by atoms with Crippen molar-refractivity contribution in [1.29, 1.82) is 0 Å². The number of rotatable bonds is 4. The monoisotopic (exact) mass is 302 g/mol. The van der Waals surface area contributed by atoms with E-state index < -0.39 is 0 Å². The van der Waals surface area contributed by atoms with Crippen molar-refractivity contribution in [2.75, 3.05) is 18.5 Å². The van der Waals surface area contributed by atoms with Crippen LogP contribution in [0.3, 0.4) is 0 Å². The average molecular weight is 303 g/mol. The number of hydrogen-bond acceptors (Lipinski definition) is 2. The Labute approximate surface area is 132 Å². The molecule has 2 aromatic rings. The van der Waals surface area contributed by atoms with Crippen LogP contribution in [0.1, 0.15) is 37.7 Å². The van der Waals surface area contributed by atoms with Crippen LogP contribution in [-0.2, 0) is 5.88 Å². The minimum Gasteiger partial charge on any atom is -0.359 e. The Kier molecular flexibility index (Phi) is 4.64. The van der Waals surface area contributed by atoms with Gasteiger partial charge in [0.2, 0.25) is 0 Å². The van der Waals surface area contributed by atoms with Crippen LogP contribution in [-0.4, -0.2) is 18.6 Å². The first-order chi connectivity index (χ1) is 10.3. The van der Waals surface area contributed by atoms with E-state index >= 15 is 0 Å². The number of hydrogen-bond donors (Lipinski definition) is 0. The largest absolute Gasteiger partial charge is 0.359 e. The second-order valence-corrected chi connectivity index (χ2v) is 6.44. The van der Waals surface area contributed by atoms with Gasteiger partial charge in [0.05, 0.1) is 0 Å². The molecule has 0 aliphatic heterocycles. The van der Waals surface area contributed by atoms with Crippen LogP contribution in [0.5, 0.6) is 0 Å². The molecule has 1 fully saturated rings. The average Bonchev–Trinajstić information content (AvgIpc) is 2.54.